The van der Waals surface area contributed by atoms with Gasteiger partial charge in [-0.2, -0.15) is 13.2 Å². The number of carbonyl (C=O) groups is 1. The van der Waals surface area contributed by atoms with Crippen molar-refractivity contribution in [1.29, 1.82) is 0 Å². The van der Waals surface area contributed by atoms with Crippen LogP contribution in [0.4, 0.5) is 13.2 Å². The molecule has 0 saturated heterocycles. The summed E-state index contributed by atoms with van der Waals surface area (Å²) in [6.07, 6.45) is -4.40. The van der Waals surface area contributed by atoms with Gasteiger partial charge in [0.2, 0.25) is 11.1 Å². The van der Waals surface area contributed by atoms with Crippen LogP contribution >= 0.6 is 11.8 Å². The molecule has 0 spiro atoms. The minimum Gasteiger partial charge on any atom is -0.346 e. The quantitative estimate of drug-likeness (QED) is 0.817. The maximum atomic E-state index is 11.8. The van der Waals surface area contributed by atoms with Gasteiger partial charge < -0.3 is 5.32 Å². The monoisotopic (exact) mass is 283 g/mol. The summed E-state index contributed by atoms with van der Waals surface area (Å²) < 4.78 is 37.0. The van der Waals surface area contributed by atoms with Gasteiger partial charge in [0.15, 0.2) is 0 Å². The van der Waals surface area contributed by atoms with Crippen LogP contribution in [0.5, 0.6) is 0 Å². The summed E-state index contributed by atoms with van der Waals surface area (Å²) in [7, 11) is 0. The van der Waals surface area contributed by atoms with Crippen LogP contribution in [0.3, 0.4) is 0 Å². The summed E-state index contributed by atoms with van der Waals surface area (Å²) >= 11 is 0.988. The Bertz CT molecular complexity index is 406. The third kappa shape index (κ3) is 4.90. The largest absolute Gasteiger partial charge is 0.405 e. The molecule has 10 heteroatoms. The standard InChI is InChI=1S/C8H12F3N5OS/c1-5(2)16-7(13-14-15-16)18-3-6(17)12-4-8(9,10)11/h5H,3-4H2,1-2H3,(H,12,17). The van der Waals surface area contributed by atoms with Gasteiger partial charge in [-0.1, -0.05) is 11.8 Å². The highest BCUT2D eigenvalue weighted by Crippen LogP contribution is 2.17. The van der Waals surface area contributed by atoms with Crippen molar-refractivity contribution in [3.8, 4) is 0 Å². The molecule has 0 saturated carbocycles. The summed E-state index contributed by atoms with van der Waals surface area (Å²) in [4.78, 5) is 11.2. The van der Waals surface area contributed by atoms with E-state index in [1.807, 2.05) is 13.8 Å². The average molecular weight is 283 g/mol. The predicted molar refractivity (Wildman–Crippen MR) is 58.0 cm³/mol. The van der Waals surface area contributed by atoms with Crippen molar-refractivity contribution in [2.75, 3.05) is 12.3 Å². The highest BCUT2D eigenvalue weighted by atomic mass is 32.2. The van der Waals surface area contributed by atoms with Crippen LogP contribution in [0.2, 0.25) is 0 Å². The number of aromatic nitrogens is 4. The van der Waals surface area contributed by atoms with Crippen molar-refractivity contribution in [2.45, 2.75) is 31.2 Å². The van der Waals surface area contributed by atoms with Crippen LogP contribution in [0.1, 0.15) is 19.9 Å². The molecule has 0 atom stereocenters. The van der Waals surface area contributed by atoms with Crippen molar-refractivity contribution >= 4 is 17.7 Å². The molecule has 1 amide bonds. The molecule has 0 aliphatic heterocycles. The van der Waals surface area contributed by atoms with E-state index in [2.05, 4.69) is 15.5 Å². The zero-order valence-electron chi connectivity index (χ0n) is 9.73. The van der Waals surface area contributed by atoms with Crippen LogP contribution in [0.15, 0.2) is 5.16 Å². The van der Waals surface area contributed by atoms with E-state index in [-0.39, 0.29) is 11.8 Å². The third-order valence-electron chi connectivity index (χ3n) is 1.77. The fourth-order valence-electron chi connectivity index (χ4n) is 0.985. The smallest absolute Gasteiger partial charge is 0.346 e. The Balaban J connectivity index is 2.41. The van der Waals surface area contributed by atoms with E-state index >= 15 is 0 Å². The average Bonchev–Trinajstić information content (AvgIpc) is 2.70. The molecule has 1 aromatic rings. The second-order valence-corrected chi connectivity index (χ2v) is 4.62. The van der Waals surface area contributed by atoms with Gasteiger partial charge in [-0.25, -0.2) is 4.68 Å². The number of carbonyl (C=O) groups excluding carboxylic acids is 1. The molecule has 1 heterocycles. The van der Waals surface area contributed by atoms with Crippen LogP contribution in [-0.2, 0) is 4.79 Å². The van der Waals surface area contributed by atoms with E-state index in [9.17, 15) is 18.0 Å². The van der Waals surface area contributed by atoms with Crippen LogP contribution in [-0.4, -0.2) is 44.6 Å². The van der Waals surface area contributed by atoms with Gasteiger partial charge in [0.25, 0.3) is 0 Å². The van der Waals surface area contributed by atoms with E-state index < -0.39 is 18.6 Å². The van der Waals surface area contributed by atoms with Crippen molar-refractivity contribution in [3.05, 3.63) is 0 Å². The highest BCUT2D eigenvalue weighted by molar-refractivity contribution is 7.99. The molecule has 0 aliphatic carbocycles. The number of halogens is 3. The Morgan fingerprint density at radius 2 is 2.17 bits per heavy atom. The number of hydrogen-bond donors (Lipinski definition) is 1. The summed E-state index contributed by atoms with van der Waals surface area (Å²) in [5, 5.41) is 13.0. The van der Waals surface area contributed by atoms with Crippen molar-refractivity contribution in [1.82, 2.24) is 25.5 Å². The summed E-state index contributed by atoms with van der Waals surface area (Å²) in [5.74, 6) is -0.876. The molecule has 18 heavy (non-hydrogen) atoms. The lowest BCUT2D eigenvalue weighted by atomic mass is 10.4. The Morgan fingerprint density at radius 1 is 1.50 bits per heavy atom. The first kappa shape index (κ1) is 14.7. The Kier molecular flexibility index (Phi) is 4.93. The zero-order chi connectivity index (χ0) is 13.8. The maximum Gasteiger partial charge on any atom is 0.405 e. The van der Waals surface area contributed by atoms with E-state index in [1.165, 1.54) is 4.68 Å². The molecule has 0 aromatic carbocycles. The number of nitrogens with zero attached hydrogens (tertiary/aromatic N) is 4. The van der Waals surface area contributed by atoms with E-state index in [0.717, 1.165) is 11.8 Å². The molecule has 102 valence electrons. The fourth-order valence-corrected chi connectivity index (χ4v) is 1.82. The van der Waals surface area contributed by atoms with E-state index in [4.69, 9.17) is 0 Å². The van der Waals surface area contributed by atoms with Crippen molar-refractivity contribution in [3.63, 3.8) is 0 Å². The molecule has 0 unspecified atom stereocenters. The first-order valence-electron chi connectivity index (χ1n) is 5.03. The topological polar surface area (TPSA) is 72.7 Å². The molecule has 1 rings (SSSR count). The normalized spacial score (nSPS) is 11.9. The van der Waals surface area contributed by atoms with Crippen LogP contribution in [0.25, 0.3) is 0 Å². The number of rotatable bonds is 5. The molecule has 0 bridgehead atoms. The van der Waals surface area contributed by atoms with Crippen LogP contribution < -0.4 is 5.32 Å². The summed E-state index contributed by atoms with van der Waals surface area (Å²) in [6, 6.07) is 0.0146. The molecular formula is C8H12F3N5OS. The lowest BCUT2D eigenvalue weighted by molar-refractivity contribution is -0.136. The van der Waals surface area contributed by atoms with Gasteiger partial charge in [-0.15, -0.1) is 5.10 Å². The van der Waals surface area contributed by atoms with Gasteiger partial charge in [0.05, 0.1) is 11.8 Å². The highest BCUT2D eigenvalue weighted by Gasteiger charge is 2.27. The lowest BCUT2D eigenvalue weighted by Gasteiger charge is -2.09. The molecule has 0 radical (unpaired) electrons. The van der Waals surface area contributed by atoms with E-state index in [0.29, 0.717) is 5.16 Å². The van der Waals surface area contributed by atoms with E-state index in [1.54, 1.807) is 5.32 Å². The number of tetrazole rings is 1. The second-order valence-electron chi connectivity index (χ2n) is 3.68. The number of amides is 1. The summed E-state index contributed by atoms with van der Waals surface area (Å²) in [6.45, 7) is 2.37. The minimum absolute atomic E-state index is 0.0146. The van der Waals surface area contributed by atoms with Gasteiger partial charge in [0.1, 0.15) is 6.54 Å². The number of nitrogens with one attached hydrogen (secondary N) is 1. The molecule has 1 N–H and O–H groups in total. The second kappa shape index (κ2) is 6.03. The number of thioether (sulfide) groups is 1. The Morgan fingerprint density at radius 3 is 2.72 bits per heavy atom. The van der Waals surface area contributed by atoms with Crippen molar-refractivity contribution < 1.29 is 18.0 Å². The minimum atomic E-state index is -4.40. The van der Waals surface area contributed by atoms with Gasteiger partial charge in [0, 0.05) is 0 Å². The van der Waals surface area contributed by atoms with Gasteiger partial charge >= 0.3 is 6.18 Å². The third-order valence-corrected chi connectivity index (χ3v) is 2.70. The number of alkyl halides is 3. The lowest BCUT2D eigenvalue weighted by Crippen LogP contribution is -2.34. The molecule has 0 aliphatic rings. The summed E-state index contributed by atoms with van der Waals surface area (Å²) in [5.41, 5.74) is 0. The SMILES string of the molecule is CC(C)n1nnnc1SCC(=O)NCC(F)(F)F. The first-order valence-corrected chi connectivity index (χ1v) is 6.02. The van der Waals surface area contributed by atoms with Crippen LogP contribution in [0, 0.1) is 0 Å². The molecule has 0 fully saturated rings. The molecule has 1 aromatic heterocycles. The zero-order valence-corrected chi connectivity index (χ0v) is 10.5. The first-order chi connectivity index (χ1) is 8.29. The fraction of sp³-hybridized carbons (Fsp3) is 0.750. The van der Waals surface area contributed by atoms with Gasteiger partial charge in [-0.05, 0) is 24.3 Å². The Labute approximate surface area is 105 Å². The molecular weight excluding hydrogens is 271 g/mol. The maximum absolute atomic E-state index is 11.8. The Hall–Kier alpha value is -1.32. The van der Waals surface area contributed by atoms with Crippen molar-refractivity contribution in [2.24, 2.45) is 0 Å². The molecule has 6 nitrogen and oxygen atoms in total. The van der Waals surface area contributed by atoms with Gasteiger partial charge in [-0.3, -0.25) is 4.79 Å². The number of hydrogen-bond acceptors (Lipinski definition) is 5. The predicted octanol–water partition coefficient (Wildman–Crippen LogP) is 1.02.